The Labute approximate surface area is 131 Å². The van der Waals surface area contributed by atoms with E-state index in [0.29, 0.717) is 0 Å². The Balaban J connectivity index is 1.92. The molecule has 21 heavy (non-hydrogen) atoms. The van der Waals surface area contributed by atoms with Gasteiger partial charge in [0.25, 0.3) is 0 Å². The van der Waals surface area contributed by atoms with E-state index in [4.69, 9.17) is 10.7 Å². The van der Waals surface area contributed by atoms with E-state index in [1.165, 1.54) is 24.4 Å². The van der Waals surface area contributed by atoms with Gasteiger partial charge in [-0.2, -0.15) is 0 Å². The van der Waals surface area contributed by atoms with Gasteiger partial charge in [-0.1, -0.05) is 32.4 Å². The summed E-state index contributed by atoms with van der Waals surface area (Å²) in [5, 5.41) is 3.36. The summed E-state index contributed by atoms with van der Waals surface area (Å²) in [5.41, 5.74) is 8.72. The Morgan fingerprint density at radius 1 is 1.14 bits per heavy atom. The van der Waals surface area contributed by atoms with Crippen molar-refractivity contribution in [2.75, 3.05) is 25.4 Å². The first-order valence-corrected chi connectivity index (χ1v) is 8.63. The molecular formula is C17H25N3S. The minimum Gasteiger partial charge on any atom is -0.399 e. The van der Waals surface area contributed by atoms with E-state index >= 15 is 0 Å². The monoisotopic (exact) mass is 303 g/mol. The highest BCUT2D eigenvalue weighted by Crippen LogP contribution is 2.23. The molecule has 0 bridgehead atoms. The first kappa shape index (κ1) is 16.0. The molecule has 0 amide bonds. The molecule has 0 aliphatic carbocycles. The minimum atomic E-state index is 0.795. The predicted molar refractivity (Wildman–Crippen MR) is 92.7 cm³/mol. The standard InChI is InChI=1S/C17H25N3S/c1-3-5-11-20(4-2)12-10-17-19-16(13-21-17)14-6-8-15(18)9-7-14/h6-9,13H,3-5,10-12,18H2,1-2H3. The lowest BCUT2D eigenvalue weighted by Crippen LogP contribution is -2.26. The van der Waals surface area contributed by atoms with Gasteiger partial charge in [0.2, 0.25) is 0 Å². The second-order valence-electron chi connectivity index (χ2n) is 5.29. The number of nitrogens with zero attached hydrogens (tertiary/aromatic N) is 2. The third kappa shape index (κ3) is 4.83. The number of likely N-dealkylation sites (N-methyl/N-ethyl adjacent to an activating group) is 1. The molecule has 4 heteroatoms. The van der Waals surface area contributed by atoms with E-state index in [1.807, 2.05) is 24.3 Å². The van der Waals surface area contributed by atoms with Crippen LogP contribution in [0.1, 0.15) is 31.7 Å². The van der Waals surface area contributed by atoms with Crippen LogP contribution in [-0.2, 0) is 6.42 Å². The van der Waals surface area contributed by atoms with Crippen LogP contribution in [0.15, 0.2) is 29.6 Å². The Hall–Kier alpha value is -1.39. The lowest BCUT2D eigenvalue weighted by Gasteiger charge is -2.19. The lowest BCUT2D eigenvalue weighted by molar-refractivity contribution is 0.287. The van der Waals surface area contributed by atoms with Crippen molar-refractivity contribution in [1.29, 1.82) is 0 Å². The zero-order chi connectivity index (χ0) is 15.1. The fourth-order valence-corrected chi connectivity index (χ4v) is 3.07. The molecule has 114 valence electrons. The third-order valence-electron chi connectivity index (χ3n) is 3.68. The van der Waals surface area contributed by atoms with Gasteiger partial charge in [-0.3, -0.25) is 0 Å². The smallest absolute Gasteiger partial charge is 0.0945 e. The third-order valence-corrected chi connectivity index (χ3v) is 4.58. The number of nitrogens with two attached hydrogens (primary N) is 1. The van der Waals surface area contributed by atoms with Crippen molar-refractivity contribution in [2.45, 2.75) is 33.1 Å². The molecular weight excluding hydrogens is 278 g/mol. The predicted octanol–water partition coefficient (Wildman–Crippen LogP) is 4.06. The highest BCUT2D eigenvalue weighted by atomic mass is 32.1. The first-order valence-electron chi connectivity index (χ1n) is 7.75. The molecule has 1 heterocycles. The molecule has 0 aliphatic heterocycles. The van der Waals surface area contributed by atoms with Crippen molar-refractivity contribution in [3.05, 3.63) is 34.7 Å². The molecule has 0 fully saturated rings. The fraction of sp³-hybridized carbons (Fsp3) is 0.471. The van der Waals surface area contributed by atoms with Crippen molar-refractivity contribution in [1.82, 2.24) is 9.88 Å². The van der Waals surface area contributed by atoms with E-state index in [1.54, 1.807) is 11.3 Å². The molecule has 2 aromatic rings. The maximum atomic E-state index is 5.72. The molecule has 0 saturated carbocycles. The molecule has 0 atom stereocenters. The number of benzene rings is 1. The summed E-state index contributed by atoms with van der Waals surface area (Å²) in [7, 11) is 0. The van der Waals surface area contributed by atoms with Gasteiger partial charge in [0.1, 0.15) is 0 Å². The van der Waals surface area contributed by atoms with Crippen LogP contribution in [0.2, 0.25) is 0 Å². The summed E-state index contributed by atoms with van der Waals surface area (Å²) in [6.45, 7) is 7.90. The second-order valence-corrected chi connectivity index (χ2v) is 6.23. The molecule has 0 unspecified atom stereocenters. The zero-order valence-corrected chi connectivity index (χ0v) is 13.8. The second kappa shape index (κ2) is 8.15. The molecule has 0 aliphatic rings. The number of anilines is 1. The maximum Gasteiger partial charge on any atom is 0.0945 e. The molecule has 2 N–H and O–H groups in total. The first-order chi connectivity index (χ1) is 10.2. The van der Waals surface area contributed by atoms with Gasteiger partial charge in [0, 0.05) is 29.6 Å². The molecule has 0 saturated heterocycles. The summed E-state index contributed by atoms with van der Waals surface area (Å²) in [6, 6.07) is 7.93. The summed E-state index contributed by atoms with van der Waals surface area (Å²) in [5.74, 6) is 0. The fourth-order valence-electron chi connectivity index (χ4n) is 2.28. The Morgan fingerprint density at radius 2 is 1.90 bits per heavy atom. The van der Waals surface area contributed by atoms with Gasteiger partial charge < -0.3 is 10.6 Å². The topological polar surface area (TPSA) is 42.2 Å². The largest absolute Gasteiger partial charge is 0.399 e. The van der Waals surface area contributed by atoms with Gasteiger partial charge in [-0.25, -0.2) is 4.98 Å². The summed E-state index contributed by atoms with van der Waals surface area (Å²) in [4.78, 5) is 7.26. The SMILES string of the molecule is CCCCN(CC)CCc1nc(-c2ccc(N)cc2)cs1. The van der Waals surface area contributed by atoms with Crippen molar-refractivity contribution in [2.24, 2.45) is 0 Å². The molecule has 1 aromatic heterocycles. The average molecular weight is 303 g/mol. The minimum absolute atomic E-state index is 0.795. The van der Waals surface area contributed by atoms with Gasteiger partial charge in [-0.15, -0.1) is 11.3 Å². The van der Waals surface area contributed by atoms with Crippen LogP contribution in [0.25, 0.3) is 11.3 Å². The summed E-state index contributed by atoms with van der Waals surface area (Å²) < 4.78 is 0. The van der Waals surface area contributed by atoms with Gasteiger partial charge in [0.05, 0.1) is 10.7 Å². The van der Waals surface area contributed by atoms with Crippen LogP contribution in [0.4, 0.5) is 5.69 Å². The Bertz CT molecular complexity index is 533. The quantitative estimate of drug-likeness (QED) is 0.748. The Morgan fingerprint density at radius 3 is 2.57 bits per heavy atom. The van der Waals surface area contributed by atoms with Crippen LogP contribution in [0.5, 0.6) is 0 Å². The highest BCUT2D eigenvalue weighted by Gasteiger charge is 2.07. The van der Waals surface area contributed by atoms with Crippen LogP contribution in [0.3, 0.4) is 0 Å². The highest BCUT2D eigenvalue weighted by molar-refractivity contribution is 7.09. The van der Waals surface area contributed by atoms with Gasteiger partial charge in [0.15, 0.2) is 0 Å². The van der Waals surface area contributed by atoms with Crippen LogP contribution in [-0.4, -0.2) is 29.5 Å². The molecule has 0 spiro atoms. The number of unbranched alkanes of at least 4 members (excludes halogenated alkanes) is 1. The number of hydrogen-bond acceptors (Lipinski definition) is 4. The van der Waals surface area contributed by atoms with Gasteiger partial charge in [-0.05, 0) is 31.6 Å². The number of nitrogen functional groups attached to an aromatic ring is 1. The van der Waals surface area contributed by atoms with E-state index in [9.17, 15) is 0 Å². The Kier molecular flexibility index (Phi) is 6.21. The normalized spacial score (nSPS) is 11.2. The molecule has 1 aromatic carbocycles. The summed E-state index contributed by atoms with van der Waals surface area (Å²) in [6.07, 6.45) is 3.58. The number of thiazole rings is 1. The van der Waals surface area contributed by atoms with E-state index in [0.717, 1.165) is 36.5 Å². The number of rotatable bonds is 8. The molecule has 3 nitrogen and oxygen atoms in total. The molecule has 2 rings (SSSR count). The average Bonchev–Trinajstić information content (AvgIpc) is 2.97. The number of aromatic nitrogens is 1. The van der Waals surface area contributed by atoms with Crippen molar-refractivity contribution < 1.29 is 0 Å². The van der Waals surface area contributed by atoms with E-state index in [-0.39, 0.29) is 0 Å². The van der Waals surface area contributed by atoms with Crippen molar-refractivity contribution in [3.63, 3.8) is 0 Å². The van der Waals surface area contributed by atoms with Crippen molar-refractivity contribution >= 4 is 17.0 Å². The number of hydrogen-bond donors (Lipinski definition) is 1. The van der Waals surface area contributed by atoms with E-state index in [2.05, 4.69) is 24.1 Å². The van der Waals surface area contributed by atoms with E-state index < -0.39 is 0 Å². The summed E-state index contributed by atoms with van der Waals surface area (Å²) >= 11 is 1.76. The lowest BCUT2D eigenvalue weighted by atomic mass is 10.1. The van der Waals surface area contributed by atoms with Gasteiger partial charge >= 0.3 is 0 Å². The molecule has 0 radical (unpaired) electrons. The zero-order valence-electron chi connectivity index (χ0n) is 13.0. The van der Waals surface area contributed by atoms with Crippen LogP contribution >= 0.6 is 11.3 Å². The van der Waals surface area contributed by atoms with Crippen LogP contribution in [0, 0.1) is 0 Å². The maximum absolute atomic E-state index is 5.72. The van der Waals surface area contributed by atoms with Crippen molar-refractivity contribution in [3.8, 4) is 11.3 Å². The van der Waals surface area contributed by atoms with Crippen LogP contribution < -0.4 is 5.73 Å².